The molecule has 0 aromatic heterocycles. The van der Waals surface area contributed by atoms with Gasteiger partial charge in [-0.25, -0.2) is 10.4 Å². The van der Waals surface area contributed by atoms with Crippen molar-refractivity contribution in [2.75, 3.05) is 20.1 Å². The first-order valence-corrected chi connectivity index (χ1v) is 10.9. The fourth-order valence-electron chi connectivity index (χ4n) is 3.00. The molecule has 4 rings (SSSR count). The summed E-state index contributed by atoms with van der Waals surface area (Å²) < 4.78 is 0. The summed E-state index contributed by atoms with van der Waals surface area (Å²) in [4.78, 5) is 4.05. The van der Waals surface area contributed by atoms with E-state index in [1.807, 2.05) is 37.4 Å². The zero-order chi connectivity index (χ0) is 25.9. The third kappa shape index (κ3) is 7.83. The van der Waals surface area contributed by atoms with E-state index < -0.39 is 0 Å². The van der Waals surface area contributed by atoms with E-state index in [0.29, 0.717) is 19.0 Å². The molecule has 0 saturated carbocycles. The number of phenolic OH excluding ortho intramolecular Hbond substituents is 5. The Morgan fingerprint density at radius 3 is 2.31 bits per heavy atom. The number of hydrazone groups is 2. The van der Waals surface area contributed by atoms with Gasteiger partial charge in [0.2, 0.25) is 5.96 Å². The highest BCUT2D eigenvalue weighted by molar-refractivity contribution is 5.87. The fraction of sp³-hybridized carbons (Fsp3) is 0.160. The molecule has 0 atom stereocenters. The predicted molar refractivity (Wildman–Crippen MR) is 138 cm³/mol. The maximum absolute atomic E-state index is 9.47. The summed E-state index contributed by atoms with van der Waals surface area (Å²) in [5, 5.41) is 59.3. The molecule has 0 spiro atoms. The lowest BCUT2D eigenvalue weighted by Gasteiger charge is -2.12. The molecule has 1 aliphatic heterocycles. The lowest BCUT2D eigenvalue weighted by Crippen LogP contribution is -2.30. The molecule has 1 heterocycles. The van der Waals surface area contributed by atoms with Crippen molar-refractivity contribution in [2.45, 2.75) is 6.54 Å². The molecular formula is C25H28N6O5. The second-order valence-corrected chi connectivity index (χ2v) is 7.72. The minimum atomic E-state index is -0.380. The molecule has 0 saturated heterocycles. The maximum atomic E-state index is 9.47. The Morgan fingerprint density at radius 1 is 0.889 bits per heavy atom. The van der Waals surface area contributed by atoms with Crippen LogP contribution in [-0.4, -0.2) is 69.1 Å². The average Bonchev–Trinajstić information content (AvgIpc) is 3.38. The molecule has 36 heavy (non-hydrogen) atoms. The largest absolute Gasteiger partial charge is 0.507 e. The van der Waals surface area contributed by atoms with Crippen LogP contribution in [-0.2, 0) is 6.54 Å². The second kappa shape index (κ2) is 12.5. The summed E-state index contributed by atoms with van der Waals surface area (Å²) in [6, 6.07) is 16.9. The van der Waals surface area contributed by atoms with Crippen molar-refractivity contribution < 1.29 is 25.5 Å². The molecule has 11 heteroatoms. The minimum Gasteiger partial charge on any atom is -0.507 e. The standard InChI is InChI=1S/C15H16N2O2.C10H12N4O3/c1-17(11-12-5-3-2-4-6-12)16-10-13-7-8-14(18)15(19)9-13;15-7-4-9(17)8(16)3-6(7)5-13-14-10-11-1-2-12-10/h2-10,18-19H,11H2,1H3;3-5,15-17H,1-2H2,(H2,11,12,14). The number of rotatable bonds is 6. The Hall–Kier alpha value is -4.93. The van der Waals surface area contributed by atoms with E-state index in [1.165, 1.54) is 30.0 Å². The van der Waals surface area contributed by atoms with E-state index in [-0.39, 0.29) is 34.3 Å². The summed E-state index contributed by atoms with van der Waals surface area (Å²) in [7, 11) is 1.88. The van der Waals surface area contributed by atoms with Gasteiger partial charge in [-0.15, -0.1) is 0 Å². The van der Waals surface area contributed by atoms with Gasteiger partial charge in [-0.1, -0.05) is 30.3 Å². The van der Waals surface area contributed by atoms with E-state index >= 15 is 0 Å². The van der Waals surface area contributed by atoms with Crippen LogP contribution in [0.15, 0.2) is 75.9 Å². The summed E-state index contributed by atoms with van der Waals surface area (Å²) in [5.74, 6) is -0.588. The molecule has 188 valence electrons. The Labute approximate surface area is 208 Å². The fourth-order valence-corrected chi connectivity index (χ4v) is 3.00. The maximum Gasteiger partial charge on any atom is 0.212 e. The molecule has 0 fully saturated rings. The summed E-state index contributed by atoms with van der Waals surface area (Å²) >= 11 is 0. The number of hydrogen-bond acceptors (Lipinski definition) is 11. The molecular weight excluding hydrogens is 464 g/mol. The highest BCUT2D eigenvalue weighted by Gasteiger charge is 2.06. The Morgan fingerprint density at radius 2 is 1.61 bits per heavy atom. The molecule has 0 aliphatic carbocycles. The van der Waals surface area contributed by atoms with Crippen molar-refractivity contribution in [2.24, 2.45) is 15.2 Å². The average molecular weight is 493 g/mol. The Balaban J connectivity index is 0.000000202. The van der Waals surface area contributed by atoms with E-state index in [1.54, 1.807) is 17.3 Å². The molecule has 7 N–H and O–H groups in total. The molecule has 3 aromatic carbocycles. The third-order valence-electron chi connectivity index (χ3n) is 4.83. The van der Waals surface area contributed by atoms with Crippen LogP contribution < -0.4 is 10.7 Å². The Bertz CT molecular complexity index is 1250. The van der Waals surface area contributed by atoms with Crippen LogP contribution >= 0.6 is 0 Å². The number of nitrogens with one attached hydrogen (secondary N) is 2. The van der Waals surface area contributed by atoms with Gasteiger partial charge in [0.05, 0.1) is 25.5 Å². The van der Waals surface area contributed by atoms with Gasteiger partial charge in [-0.3, -0.25) is 5.01 Å². The first-order chi connectivity index (χ1) is 17.3. The first kappa shape index (κ1) is 25.7. The highest BCUT2D eigenvalue weighted by Crippen LogP contribution is 2.31. The normalized spacial score (nSPS) is 12.6. The molecule has 3 aromatic rings. The van der Waals surface area contributed by atoms with Crippen LogP contribution in [0.3, 0.4) is 0 Å². The predicted octanol–water partition coefficient (Wildman–Crippen LogP) is 2.25. The lowest BCUT2D eigenvalue weighted by atomic mass is 10.2. The van der Waals surface area contributed by atoms with Gasteiger partial charge in [0.1, 0.15) is 5.75 Å². The van der Waals surface area contributed by atoms with E-state index in [4.69, 9.17) is 5.11 Å². The van der Waals surface area contributed by atoms with Gasteiger partial charge in [-0.2, -0.15) is 10.2 Å². The van der Waals surface area contributed by atoms with Crippen LogP contribution in [0.5, 0.6) is 28.7 Å². The number of aromatic hydroxyl groups is 5. The molecule has 1 aliphatic rings. The summed E-state index contributed by atoms with van der Waals surface area (Å²) in [6.07, 6.45) is 2.96. The van der Waals surface area contributed by atoms with Gasteiger partial charge in [-0.05, 0) is 35.4 Å². The van der Waals surface area contributed by atoms with Gasteiger partial charge < -0.3 is 30.8 Å². The van der Waals surface area contributed by atoms with Gasteiger partial charge in [0.15, 0.2) is 23.0 Å². The quantitative estimate of drug-likeness (QED) is 0.119. The number of hydrogen-bond donors (Lipinski definition) is 7. The van der Waals surface area contributed by atoms with Crippen LogP contribution in [0, 0.1) is 0 Å². The first-order valence-electron chi connectivity index (χ1n) is 10.9. The molecule has 0 amide bonds. The van der Waals surface area contributed by atoms with E-state index in [0.717, 1.165) is 18.2 Å². The van der Waals surface area contributed by atoms with Crippen molar-refractivity contribution in [3.8, 4) is 28.7 Å². The van der Waals surface area contributed by atoms with Crippen LogP contribution in [0.2, 0.25) is 0 Å². The van der Waals surface area contributed by atoms with Crippen molar-refractivity contribution in [3.63, 3.8) is 0 Å². The monoisotopic (exact) mass is 492 g/mol. The van der Waals surface area contributed by atoms with Crippen LogP contribution in [0.25, 0.3) is 0 Å². The van der Waals surface area contributed by atoms with E-state index in [2.05, 4.69) is 25.9 Å². The van der Waals surface area contributed by atoms with Gasteiger partial charge in [0, 0.05) is 25.2 Å². The second-order valence-electron chi connectivity index (χ2n) is 7.72. The SMILES string of the molecule is CN(Cc1ccccc1)N=Cc1ccc(O)c(O)c1.Oc1cc(O)c(C=NNC2=NCCN2)cc1O. The summed E-state index contributed by atoms with van der Waals surface area (Å²) in [6.45, 7) is 2.17. The number of phenols is 5. The zero-order valence-corrected chi connectivity index (χ0v) is 19.6. The summed E-state index contributed by atoms with van der Waals surface area (Å²) in [5.41, 5.74) is 4.84. The number of guanidine groups is 1. The topological polar surface area (TPSA) is 166 Å². The minimum absolute atomic E-state index is 0.130. The molecule has 0 unspecified atom stereocenters. The third-order valence-corrected chi connectivity index (χ3v) is 4.83. The Kier molecular flexibility index (Phi) is 8.93. The van der Waals surface area contributed by atoms with Crippen LogP contribution in [0.1, 0.15) is 16.7 Å². The van der Waals surface area contributed by atoms with Gasteiger partial charge >= 0.3 is 0 Å². The number of benzene rings is 3. The van der Waals surface area contributed by atoms with Crippen molar-refractivity contribution in [1.29, 1.82) is 0 Å². The zero-order valence-electron chi connectivity index (χ0n) is 19.6. The lowest BCUT2D eigenvalue weighted by molar-refractivity contribution is 0.349. The molecule has 0 radical (unpaired) electrons. The molecule has 0 bridgehead atoms. The molecule has 11 nitrogen and oxygen atoms in total. The smallest absolute Gasteiger partial charge is 0.212 e. The van der Waals surface area contributed by atoms with E-state index in [9.17, 15) is 20.4 Å². The number of aliphatic imine (C=N–C) groups is 1. The van der Waals surface area contributed by atoms with Crippen molar-refractivity contribution in [1.82, 2.24) is 15.8 Å². The number of nitrogens with zero attached hydrogens (tertiary/aromatic N) is 4. The van der Waals surface area contributed by atoms with Crippen LogP contribution in [0.4, 0.5) is 0 Å². The van der Waals surface area contributed by atoms with Gasteiger partial charge in [0.25, 0.3) is 0 Å². The van der Waals surface area contributed by atoms with Crippen molar-refractivity contribution >= 4 is 18.4 Å². The highest BCUT2D eigenvalue weighted by atomic mass is 16.3. The van der Waals surface area contributed by atoms with Crippen molar-refractivity contribution in [3.05, 3.63) is 77.4 Å².